The fraction of sp³-hybridized carbons (Fsp3) is 0.800. The van der Waals surface area contributed by atoms with Crippen molar-refractivity contribution >= 4 is 22.4 Å². The standard InChI is InChI=1S/C20H35N5OS/c1-21-19(22-11-7-15-26-18-8-3-2-4-9-18)23-12-10-17-16-27-20(24-17)25-13-5-6-14-25/h16,18H,2-15H2,1H3,(H2,21,22,23). The average molecular weight is 394 g/mol. The summed E-state index contributed by atoms with van der Waals surface area (Å²) in [5.74, 6) is 0.864. The van der Waals surface area contributed by atoms with Gasteiger partial charge in [-0.3, -0.25) is 4.99 Å². The van der Waals surface area contributed by atoms with Crippen LogP contribution in [0.4, 0.5) is 5.13 Å². The van der Waals surface area contributed by atoms with Crippen molar-refractivity contribution in [2.45, 2.75) is 63.9 Å². The molecule has 1 aromatic rings. The van der Waals surface area contributed by atoms with Crippen LogP contribution in [0.2, 0.25) is 0 Å². The van der Waals surface area contributed by atoms with Gasteiger partial charge in [-0.1, -0.05) is 19.3 Å². The van der Waals surface area contributed by atoms with Gasteiger partial charge in [0.2, 0.25) is 0 Å². The van der Waals surface area contributed by atoms with Gasteiger partial charge in [-0.15, -0.1) is 11.3 Å². The molecule has 1 aliphatic carbocycles. The average Bonchev–Trinajstić information content (AvgIpc) is 3.39. The van der Waals surface area contributed by atoms with E-state index in [1.165, 1.54) is 55.8 Å². The van der Waals surface area contributed by atoms with Crippen molar-refractivity contribution in [2.24, 2.45) is 4.99 Å². The van der Waals surface area contributed by atoms with Crippen LogP contribution in [-0.2, 0) is 11.2 Å². The van der Waals surface area contributed by atoms with Crippen molar-refractivity contribution in [3.05, 3.63) is 11.1 Å². The van der Waals surface area contributed by atoms with E-state index < -0.39 is 0 Å². The van der Waals surface area contributed by atoms with Gasteiger partial charge in [-0.2, -0.15) is 0 Å². The first-order valence-corrected chi connectivity index (χ1v) is 11.5. The van der Waals surface area contributed by atoms with Gasteiger partial charge in [0.1, 0.15) is 0 Å². The van der Waals surface area contributed by atoms with Gasteiger partial charge >= 0.3 is 0 Å². The number of guanidine groups is 1. The summed E-state index contributed by atoms with van der Waals surface area (Å²) in [6, 6.07) is 0. The molecule has 2 heterocycles. The highest BCUT2D eigenvalue weighted by molar-refractivity contribution is 7.13. The lowest BCUT2D eigenvalue weighted by Gasteiger charge is -2.22. The summed E-state index contributed by atoms with van der Waals surface area (Å²) in [5, 5.41) is 10.1. The van der Waals surface area contributed by atoms with E-state index in [4.69, 9.17) is 9.72 Å². The van der Waals surface area contributed by atoms with Crippen molar-refractivity contribution in [3.63, 3.8) is 0 Å². The molecule has 0 bridgehead atoms. The highest BCUT2D eigenvalue weighted by atomic mass is 32.1. The molecule has 3 rings (SSSR count). The molecule has 7 heteroatoms. The van der Waals surface area contributed by atoms with Crippen molar-refractivity contribution in [1.29, 1.82) is 0 Å². The molecule has 1 saturated heterocycles. The van der Waals surface area contributed by atoms with E-state index in [9.17, 15) is 0 Å². The molecule has 0 amide bonds. The van der Waals surface area contributed by atoms with E-state index in [0.29, 0.717) is 6.10 Å². The predicted molar refractivity (Wildman–Crippen MR) is 114 cm³/mol. The van der Waals surface area contributed by atoms with Crippen LogP contribution in [0, 0.1) is 0 Å². The Morgan fingerprint density at radius 3 is 2.74 bits per heavy atom. The smallest absolute Gasteiger partial charge is 0.190 e. The Kier molecular flexibility index (Phi) is 8.68. The molecular weight excluding hydrogens is 358 g/mol. The maximum Gasteiger partial charge on any atom is 0.190 e. The maximum absolute atomic E-state index is 5.97. The molecule has 2 fully saturated rings. The third-order valence-corrected chi connectivity index (χ3v) is 6.28. The van der Waals surface area contributed by atoms with Crippen LogP contribution in [0.25, 0.3) is 0 Å². The topological polar surface area (TPSA) is 61.8 Å². The molecule has 152 valence electrons. The predicted octanol–water partition coefficient (Wildman–Crippen LogP) is 3.19. The quantitative estimate of drug-likeness (QED) is 0.383. The second kappa shape index (κ2) is 11.5. The van der Waals surface area contributed by atoms with Crippen LogP contribution in [-0.4, -0.2) is 56.9 Å². The summed E-state index contributed by atoms with van der Waals surface area (Å²) in [6.07, 6.45) is 11.6. The number of hydrogen-bond acceptors (Lipinski definition) is 5. The number of rotatable bonds is 9. The van der Waals surface area contributed by atoms with Gasteiger partial charge in [0.15, 0.2) is 11.1 Å². The Balaban J connectivity index is 1.25. The zero-order valence-corrected chi connectivity index (χ0v) is 17.5. The fourth-order valence-corrected chi connectivity index (χ4v) is 4.67. The van der Waals surface area contributed by atoms with Gasteiger partial charge in [0, 0.05) is 51.6 Å². The van der Waals surface area contributed by atoms with E-state index in [1.807, 2.05) is 7.05 Å². The SMILES string of the molecule is CN=C(NCCCOC1CCCCC1)NCCc1csc(N2CCCC2)n1. The first-order chi connectivity index (χ1) is 13.3. The molecule has 2 N–H and O–H groups in total. The Hall–Kier alpha value is -1.34. The summed E-state index contributed by atoms with van der Waals surface area (Å²) in [5.41, 5.74) is 1.17. The minimum absolute atomic E-state index is 0.500. The molecule has 2 aliphatic rings. The normalized spacial score (nSPS) is 18.9. The first-order valence-electron chi connectivity index (χ1n) is 10.6. The number of thiazole rings is 1. The summed E-state index contributed by atoms with van der Waals surface area (Å²) >= 11 is 1.77. The second-order valence-corrected chi connectivity index (χ2v) is 8.31. The van der Waals surface area contributed by atoms with Crippen LogP contribution in [0.5, 0.6) is 0 Å². The molecule has 0 spiro atoms. The van der Waals surface area contributed by atoms with Gasteiger partial charge in [-0.05, 0) is 32.1 Å². The molecule has 27 heavy (non-hydrogen) atoms. The van der Waals surface area contributed by atoms with Gasteiger partial charge in [0.25, 0.3) is 0 Å². The molecule has 0 unspecified atom stereocenters. The van der Waals surface area contributed by atoms with Gasteiger partial charge in [0.05, 0.1) is 11.8 Å². The Labute approximate surface area is 167 Å². The Bertz CT molecular complexity index is 564. The lowest BCUT2D eigenvalue weighted by molar-refractivity contribution is 0.0277. The number of anilines is 1. The lowest BCUT2D eigenvalue weighted by Crippen LogP contribution is -2.39. The minimum atomic E-state index is 0.500. The molecule has 0 radical (unpaired) electrons. The number of hydrogen-bond donors (Lipinski definition) is 2. The summed E-state index contributed by atoms with van der Waals surface area (Å²) in [4.78, 5) is 11.5. The summed E-state index contributed by atoms with van der Waals surface area (Å²) in [7, 11) is 1.82. The van der Waals surface area contributed by atoms with Crippen LogP contribution in [0.1, 0.15) is 57.1 Å². The fourth-order valence-electron chi connectivity index (χ4n) is 3.76. The Morgan fingerprint density at radius 1 is 1.19 bits per heavy atom. The zero-order valence-electron chi connectivity index (χ0n) is 16.7. The van der Waals surface area contributed by atoms with E-state index >= 15 is 0 Å². The monoisotopic (exact) mass is 393 g/mol. The van der Waals surface area contributed by atoms with Crippen LogP contribution < -0.4 is 15.5 Å². The molecular formula is C20H35N5OS. The van der Waals surface area contributed by atoms with Crippen LogP contribution in [0.3, 0.4) is 0 Å². The molecule has 0 atom stereocenters. The molecule has 6 nitrogen and oxygen atoms in total. The van der Waals surface area contributed by atoms with Crippen LogP contribution >= 0.6 is 11.3 Å². The van der Waals surface area contributed by atoms with E-state index in [0.717, 1.165) is 51.6 Å². The second-order valence-electron chi connectivity index (χ2n) is 7.48. The maximum atomic E-state index is 5.97. The van der Waals surface area contributed by atoms with Crippen molar-refractivity contribution in [2.75, 3.05) is 44.7 Å². The van der Waals surface area contributed by atoms with Crippen molar-refractivity contribution in [1.82, 2.24) is 15.6 Å². The summed E-state index contributed by atoms with van der Waals surface area (Å²) in [6.45, 7) is 4.90. The third-order valence-electron chi connectivity index (χ3n) is 5.33. The highest BCUT2D eigenvalue weighted by Gasteiger charge is 2.15. The summed E-state index contributed by atoms with van der Waals surface area (Å²) < 4.78 is 5.97. The Morgan fingerprint density at radius 2 is 1.96 bits per heavy atom. The molecule has 0 aromatic carbocycles. The minimum Gasteiger partial charge on any atom is -0.378 e. The van der Waals surface area contributed by atoms with E-state index in [2.05, 4.69) is 25.9 Å². The number of nitrogens with zero attached hydrogens (tertiary/aromatic N) is 3. The van der Waals surface area contributed by atoms with E-state index in [-0.39, 0.29) is 0 Å². The largest absolute Gasteiger partial charge is 0.378 e. The number of nitrogens with one attached hydrogen (secondary N) is 2. The molecule has 1 aliphatic heterocycles. The number of ether oxygens (including phenoxy) is 1. The zero-order chi connectivity index (χ0) is 18.7. The lowest BCUT2D eigenvalue weighted by atomic mass is 9.98. The van der Waals surface area contributed by atoms with Crippen LogP contribution in [0.15, 0.2) is 10.4 Å². The third kappa shape index (κ3) is 6.96. The first kappa shape index (κ1) is 20.4. The van der Waals surface area contributed by atoms with Crippen molar-refractivity contribution < 1.29 is 4.74 Å². The highest BCUT2D eigenvalue weighted by Crippen LogP contribution is 2.24. The van der Waals surface area contributed by atoms with Gasteiger partial charge in [-0.25, -0.2) is 4.98 Å². The number of aliphatic imine (C=N–C) groups is 1. The van der Waals surface area contributed by atoms with E-state index in [1.54, 1.807) is 11.3 Å². The number of aromatic nitrogens is 1. The molecule has 1 saturated carbocycles. The van der Waals surface area contributed by atoms with Crippen molar-refractivity contribution in [3.8, 4) is 0 Å². The molecule has 1 aromatic heterocycles. The van der Waals surface area contributed by atoms with Gasteiger partial charge < -0.3 is 20.3 Å².